The van der Waals surface area contributed by atoms with E-state index in [1.54, 1.807) is 0 Å². The van der Waals surface area contributed by atoms with Crippen molar-refractivity contribution in [2.24, 2.45) is 11.7 Å². The molecule has 1 heterocycles. The summed E-state index contributed by atoms with van der Waals surface area (Å²) in [6.45, 7) is 7.40. The van der Waals surface area contributed by atoms with Crippen molar-refractivity contribution in [1.29, 1.82) is 0 Å². The maximum atomic E-state index is 6.16. The number of rotatable bonds is 3. The largest absolute Gasteiger partial charge is 0.378 e. The Morgan fingerprint density at radius 1 is 1.58 bits per heavy atom. The molecule has 1 saturated heterocycles. The van der Waals surface area contributed by atoms with Crippen LogP contribution in [0.5, 0.6) is 0 Å². The zero-order valence-electron chi connectivity index (χ0n) is 8.47. The van der Waals surface area contributed by atoms with Crippen LogP contribution < -0.4 is 5.73 Å². The number of nitrogens with two attached hydrogens (primary N) is 1. The van der Waals surface area contributed by atoms with Gasteiger partial charge in [0.05, 0.1) is 6.10 Å². The molecule has 0 saturated carbocycles. The molecule has 12 heavy (non-hydrogen) atoms. The van der Waals surface area contributed by atoms with Crippen molar-refractivity contribution in [2.75, 3.05) is 6.61 Å². The zero-order chi connectivity index (χ0) is 9.19. The minimum atomic E-state index is -0.0605. The first-order valence-corrected chi connectivity index (χ1v) is 4.93. The highest BCUT2D eigenvalue weighted by Gasteiger charge is 2.29. The topological polar surface area (TPSA) is 35.2 Å². The molecule has 2 heteroatoms. The molecular formula is C10H21NO. The molecule has 0 spiro atoms. The van der Waals surface area contributed by atoms with E-state index >= 15 is 0 Å². The molecule has 0 aromatic carbocycles. The van der Waals surface area contributed by atoms with Crippen LogP contribution in [-0.2, 0) is 4.74 Å². The van der Waals surface area contributed by atoms with E-state index in [0.717, 1.165) is 13.0 Å². The molecule has 2 nitrogen and oxygen atoms in total. The minimum Gasteiger partial charge on any atom is -0.378 e. The lowest BCUT2D eigenvalue weighted by atomic mass is 9.84. The molecule has 2 unspecified atom stereocenters. The van der Waals surface area contributed by atoms with Crippen LogP contribution >= 0.6 is 0 Å². The first-order valence-electron chi connectivity index (χ1n) is 4.93. The standard InChI is InChI=1S/C10H21NO/c1-8(2)10(3,11)7-9-5-4-6-12-9/h8-9H,4-7,11H2,1-3H3. The van der Waals surface area contributed by atoms with Gasteiger partial charge >= 0.3 is 0 Å². The van der Waals surface area contributed by atoms with Gasteiger partial charge in [-0.25, -0.2) is 0 Å². The van der Waals surface area contributed by atoms with Crippen LogP contribution in [0.15, 0.2) is 0 Å². The Kier molecular flexibility index (Phi) is 3.13. The normalized spacial score (nSPS) is 29.2. The summed E-state index contributed by atoms with van der Waals surface area (Å²) in [4.78, 5) is 0. The molecular weight excluding hydrogens is 150 g/mol. The molecule has 0 aromatic heterocycles. The zero-order valence-corrected chi connectivity index (χ0v) is 8.47. The molecule has 72 valence electrons. The van der Waals surface area contributed by atoms with Gasteiger partial charge < -0.3 is 10.5 Å². The van der Waals surface area contributed by atoms with Crippen LogP contribution in [-0.4, -0.2) is 18.2 Å². The van der Waals surface area contributed by atoms with Gasteiger partial charge in [-0.2, -0.15) is 0 Å². The van der Waals surface area contributed by atoms with Crippen molar-refractivity contribution in [3.05, 3.63) is 0 Å². The summed E-state index contributed by atoms with van der Waals surface area (Å²) in [6.07, 6.45) is 3.82. The SMILES string of the molecule is CC(C)C(C)(N)CC1CCCO1. The summed E-state index contributed by atoms with van der Waals surface area (Å²) >= 11 is 0. The predicted molar refractivity (Wildman–Crippen MR) is 51.0 cm³/mol. The Morgan fingerprint density at radius 3 is 2.67 bits per heavy atom. The number of ether oxygens (including phenoxy) is 1. The Hall–Kier alpha value is -0.0800. The molecule has 1 aliphatic heterocycles. The van der Waals surface area contributed by atoms with Crippen molar-refractivity contribution >= 4 is 0 Å². The maximum absolute atomic E-state index is 6.16. The summed E-state index contributed by atoms with van der Waals surface area (Å²) in [6, 6.07) is 0. The quantitative estimate of drug-likeness (QED) is 0.704. The Balaban J connectivity index is 2.37. The lowest BCUT2D eigenvalue weighted by molar-refractivity contribution is 0.0770. The average molecular weight is 171 g/mol. The molecule has 0 amide bonds. The Bertz CT molecular complexity index is 137. The van der Waals surface area contributed by atoms with E-state index in [4.69, 9.17) is 10.5 Å². The van der Waals surface area contributed by atoms with Gasteiger partial charge in [-0.1, -0.05) is 13.8 Å². The van der Waals surface area contributed by atoms with Gasteiger partial charge in [-0.05, 0) is 32.1 Å². The highest BCUT2D eigenvalue weighted by atomic mass is 16.5. The van der Waals surface area contributed by atoms with E-state index in [1.165, 1.54) is 12.8 Å². The number of hydrogen-bond donors (Lipinski definition) is 1. The van der Waals surface area contributed by atoms with Gasteiger partial charge in [0.2, 0.25) is 0 Å². The van der Waals surface area contributed by atoms with Crippen LogP contribution in [0.25, 0.3) is 0 Å². The molecule has 1 fully saturated rings. The summed E-state index contributed by atoms with van der Waals surface area (Å²) in [5.41, 5.74) is 6.10. The lowest BCUT2D eigenvalue weighted by Crippen LogP contribution is -2.44. The fourth-order valence-electron chi connectivity index (χ4n) is 1.53. The van der Waals surface area contributed by atoms with Gasteiger partial charge in [0, 0.05) is 12.1 Å². The summed E-state index contributed by atoms with van der Waals surface area (Å²) in [5.74, 6) is 0.529. The summed E-state index contributed by atoms with van der Waals surface area (Å²) in [5, 5.41) is 0. The van der Waals surface area contributed by atoms with Gasteiger partial charge in [0.15, 0.2) is 0 Å². The Labute approximate surface area is 75.5 Å². The third kappa shape index (κ3) is 2.46. The minimum absolute atomic E-state index is 0.0605. The van der Waals surface area contributed by atoms with Crippen LogP contribution in [0.4, 0.5) is 0 Å². The molecule has 0 aliphatic carbocycles. The molecule has 0 bridgehead atoms. The highest BCUT2D eigenvalue weighted by molar-refractivity contribution is 4.86. The van der Waals surface area contributed by atoms with Crippen molar-refractivity contribution < 1.29 is 4.74 Å². The molecule has 1 aliphatic rings. The second-order valence-electron chi connectivity index (χ2n) is 4.50. The fourth-order valence-corrected chi connectivity index (χ4v) is 1.53. The van der Waals surface area contributed by atoms with Gasteiger partial charge in [0.25, 0.3) is 0 Å². The summed E-state index contributed by atoms with van der Waals surface area (Å²) in [7, 11) is 0. The van der Waals surface area contributed by atoms with Gasteiger partial charge in [-0.15, -0.1) is 0 Å². The average Bonchev–Trinajstić information content (AvgIpc) is 2.38. The van der Waals surface area contributed by atoms with E-state index in [9.17, 15) is 0 Å². The molecule has 2 N–H and O–H groups in total. The van der Waals surface area contributed by atoms with E-state index in [-0.39, 0.29) is 5.54 Å². The van der Waals surface area contributed by atoms with E-state index in [2.05, 4.69) is 20.8 Å². The fraction of sp³-hybridized carbons (Fsp3) is 1.00. The van der Waals surface area contributed by atoms with Crippen molar-refractivity contribution in [1.82, 2.24) is 0 Å². The van der Waals surface area contributed by atoms with Crippen LogP contribution in [0.3, 0.4) is 0 Å². The van der Waals surface area contributed by atoms with Crippen molar-refractivity contribution in [3.63, 3.8) is 0 Å². The molecule has 0 radical (unpaired) electrons. The summed E-state index contributed by atoms with van der Waals surface area (Å²) < 4.78 is 5.56. The first-order chi connectivity index (χ1) is 5.52. The van der Waals surface area contributed by atoms with Crippen molar-refractivity contribution in [3.8, 4) is 0 Å². The second kappa shape index (κ2) is 3.75. The first kappa shape index (κ1) is 10.0. The molecule has 2 atom stereocenters. The van der Waals surface area contributed by atoms with E-state index in [0.29, 0.717) is 12.0 Å². The maximum Gasteiger partial charge on any atom is 0.0593 e. The molecule has 1 rings (SSSR count). The Morgan fingerprint density at radius 2 is 2.25 bits per heavy atom. The predicted octanol–water partition coefficient (Wildman–Crippen LogP) is 1.93. The third-order valence-electron chi connectivity index (χ3n) is 3.01. The molecule has 0 aromatic rings. The van der Waals surface area contributed by atoms with E-state index in [1.807, 2.05) is 0 Å². The smallest absolute Gasteiger partial charge is 0.0593 e. The van der Waals surface area contributed by atoms with Crippen LogP contribution in [0.2, 0.25) is 0 Å². The van der Waals surface area contributed by atoms with Crippen molar-refractivity contribution in [2.45, 2.75) is 51.7 Å². The number of hydrogen-bond acceptors (Lipinski definition) is 2. The monoisotopic (exact) mass is 171 g/mol. The van der Waals surface area contributed by atoms with Crippen LogP contribution in [0, 0.1) is 5.92 Å². The van der Waals surface area contributed by atoms with Gasteiger partial charge in [0.1, 0.15) is 0 Å². The van der Waals surface area contributed by atoms with Gasteiger partial charge in [-0.3, -0.25) is 0 Å². The lowest BCUT2D eigenvalue weighted by Gasteiger charge is -2.31. The van der Waals surface area contributed by atoms with Crippen LogP contribution in [0.1, 0.15) is 40.0 Å². The third-order valence-corrected chi connectivity index (χ3v) is 3.01. The second-order valence-corrected chi connectivity index (χ2v) is 4.50. The van der Waals surface area contributed by atoms with E-state index < -0.39 is 0 Å². The highest BCUT2D eigenvalue weighted by Crippen LogP contribution is 2.25.